The third-order valence-corrected chi connectivity index (χ3v) is 3.30. The molecule has 0 aliphatic heterocycles. The molecule has 0 saturated carbocycles. The predicted molar refractivity (Wildman–Crippen MR) is 78.3 cm³/mol. The lowest BCUT2D eigenvalue weighted by atomic mass is 10.2. The van der Waals surface area contributed by atoms with Crippen LogP contribution in [0, 0.1) is 5.92 Å². The van der Waals surface area contributed by atoms with Gasteiger partial charge in [-0.05, 0) is 23.6 Å². The SMILES string of the molecule is CC(C)Cn1ncnc1COc1cccc(CBr)c1. The lowest BCUT2D eigenvalue weighted by Gasteiger charge is -2.10. The van der Waals surface area contributed by atoms with E-state index in [1.54, 1.807) is 6.33 Å². The molecule has 0 atom stereocenters. The van der Waals surface area contributed by atoms with E-state index < -0.39 is 0 Å². The summed E-state index contributed by atoms with van der Waals surface area (Å²) in [5, 5.41) is 5.05. The van der Waals surface area contributed by atoms with E-state index >= 15 is 0 Å². The van der Waals surface area contributed by atoms with Crippen molar-refractivity contribution in [2.75, 3.05) is 0 Å². The van der Waals surface area contributed by atoms with Gasteiger partial charge in [0, 0.05) is 11.9 Å². The van der Waals surface area contributed by atoms with E-state index in [2.05, 4.69) is 45.9 Å². The molecule has 0 amide bonds. The molecule has 0 aliphatic carbocycles. The Balaban J connectivity index is 2.00. The second-order valence-electron chi connectivity index (χ2n) is 4.82. The molecule has 2 aromatic rings. The van der Waals surface area contributed by atoms with Crippen LogP contribution < -0.4 is 4.74 Å². The van der Waals surface area contributed by atoms with Gasteiger partial charge in [0.15, 0.2) is 5.82 Å². The van der Waals surface area contributed by atoms with E-state index in [1.807, 2.05) is 22.9 Å². The van der Waals surface area contributed by atoms with Crippen molar-refractivity contribution in [2.45, 2.75) is 32.3 Å². The minimum absolute atomic E-state index is 0.443. The van der Waals surface area contributed by atoms with Gasteiger partial charge in [0.25, 0.3) is 0 Å². The Bertz CT molecular complexity index is 525. The number of rotatable bonds is 6. The van der Waals surface area contributed by atoms with Gasteiger partial charge in [0.1, 0.15) is 18.7 Å². The second-order valence-corrected chi connectivity index (χ2v) is 5.38. The Morgan fingerprint density at radius 3 is 2.95 bits per heavy atom. The first kappa shape index (κ1) is 14.1. The van der Waals surface area contributed by atoms with Crippen LogP contribution in [0.25, 0.3) is 0 Å². The quantitative estimate of drug-likeness (QED) is 0.765. The van der Waals surface area contributed by atoms with Gasteiger partial charge in [-0.2, -0.15) is 5.10 Å². The van der Waals surface area contributed by atoms with Crippen molar-refractivity contribution < 1.29 is 4.74 Å². The second kappa shape index (κ2) is 6.70. The van der Waals surface area contributed by atoms with Crippen LogP contribution in [0.2, 0.25) is 0 Å². The number of nitrogens with zero attached hydrogens (tertiary/aromatic N) is 3. The van der Waals surface area contributed by atoms with E-state index in [0.29, 0.717) is 12.5 Å². The minimum Gasteiger partial charge on any atom is -0.486 e. The Morgan fingerprint density at radius 1 is 1.37 bits per heavy atom. The molecular formula is C14H18BrN3O. The molecule has 19 heavy (non-hydrogen) atoms. The van der Waals surface area contributed by atoms with Crippen LogP contribution in [0.1, 0.15) is 25.2 Å². The van der Waals surface area contributed by atoms with E-state index in [-0.39, 0.29) is 0 Å². The number of hydrogen-bond acceptors (Lipinski definition) is 3. The highest BCUT2D eigenvalue weighted by Gasteiger charge is 2.07. The zero-order valence-electron chi connectivity index (χ0n) is 11.2. The standard InChI is InChI=1S/C14H18BrN3O/c1-11(2)8-18-14(16-10-17-18)9-19-13-5-3-4-12(6-13)7-15/h3-6,10-11H,7-9H2,1-2H3. The van der Waals surface area contributed by atoms with Gasteiger partial charge < -0.3 is 4.74 Å². The zero-order chi connectivity index (χ0) is 13.7. The molecule has 0 saturated heterocycles. The molecule has 0 radical (unpaired) electrons. The van der Waals surface area contributed by atoms with E-state index in [4.69, 9.17) is 4.74 Å². The Labute approximate surface area is 121 Å². The van der Waals surface area contributed by atoms with Gasteiger partial charge in [-0.15, -0.1) is 0 Å². The van der Waals surface area contributed by atoms with Crippen LogP contribution in [-0.4, -0.2) is 14.8 Å². The highest BCUT2D eigenvalue weighted by atomic mass is 79.9. The van der Waals surface area contributed by atoms with Crippen molar-refractivity contribution >= 4 is 15.9 Å². The highest BCUT2D eigenvalue weighted by Crippen LogP contribution is 2.16. The molecule has 5 heteroatoms. The number of benzene rings is 1. The first-order valence-electron chi connectivity index (χ1n) is 6.33. The number of alkyl halides is 1. The van der Waals surface area contributed by atoms with Crippen LogP contribution in [-0.2, 0) is 18.5 Å². The van der Waals surface area contributed by atoms with Crippen molar-refractivity contribution in [3.05, 3.63) is 42.0 Å². The van der Waals surface area contributed by atoms with Gasteiger partial charge in [0.05, 0.1) is 0 Å². The fourth-order valence-corrected chi connectivity index (χ4v) is 2.11. The first-order valence-corrected chi connectivity index (χ1v) is 7.45. The first-order chi connectivity index (χ1) is 9.19. The summed E-state index contributed by atoms with van der Waals surface area (Å²) in [4.78, 5) is 4.24. The summed E-state index contributed by atoms with van der Waals surface area (Å²) in [6, 6.07) is 8.03. The van der Waals surface area contributed by atoms with Crippen molar-refractivity contribution in [1.29, 1.82) is 0 Å². The monoisotopic (exact) mass is 323 g/mol. The molecule has 1 aromatic heterocycles. The highest BCUT2D eigenvalue weighted by molar-refractivity contribution is 9.08. The number of ether oxygens (including phenoxy) is 1. The average Bonchev–Trinajstić information content (AvgIpc) is 2.83. The van der Waals surface area contributed by atoms with Crippen molar-refractivity contribution in [2.24, 2.45) is 5.92 Å². The van der Waals surface area contributed by atoms with Crippen molar-refractivity contribution in [3.8, 4) is 5.75 Å². The summed E-state index contributed by atoms with van der Waals surface area (Å²) < 4.78 is 7.67. The Hall–Kier alpha value is -1.36. The van der Waals surface area contributed by atoms with E-state index in [0.717, 1.165) is 23.4 Å². The molecule has 1 aromatic carbocycles. The fraction of sp³-hybridized carbons (Fsp3) is 0.429. The Kier molecular flexibility index (Phi) is 4.96. The van der Waals surface area contributed by atoms with Crippen LogP contribution in [0.5, 0.6) is 5.75 Å². The maximum Gasteiger partial charge on any atom is 0.164 e. The minimum atomic E-state index is 0.443. The lowest BCUT2D eigenvalue weighted by Crippen LogP contribution is -2.12. The van der Waals surface area contributed by atoms with Crippen molar-refractivity contribution in [3.63, 3.8) is 0 Å². The summed E-state index contributed by atoms with van der Waals surface area (Å²) in [5.74, 6) is 2.26. The van der Waals surface area contributed by atoms with Gasteiger partial charge in [-0.3, -0.25) is 0 Å². The summed E-state index contributed by atoms with van der Waals surface area (Å²) in [5.41, 5.74) is 1.20. The van der Waals surface area contributed by atoms with Gasteiger partial charge in [-0.25, -0.2) is 9.67 Å². The van der Waals surface area contributed by atoms with Crippen LogP contribution in [0.4, 0.5) is 0 Å². The molecule has 4 nitrogen and oxygen atoms in total. The molecule has 102 valence electrons. The zero-order valence-corrected chi connectivity index (χ0v) is 12.8. The molecule has 0 spiro atoms. The maximum absolute atomic E-state index is 5.77. The molecule has 0 bridgehead atoms. The van der Waals surface area contributed by atoms with Gasteiger partial charge in [0.2, 0.25) is 0 Å². The van der Waals surface area contributed by atoms with E-state index in [1.165, 1.54) is 5.56 Å². The van der Waals surface area contributed by atoms with Crippen LogP contribution in [0.15, 0.2) is 30.6 Å². The number of aromatic nitrogens is 3. The molecule has 2 rings (SSSR count). The maximum atomic E-state index is 5.77. The Morgan fingerprint density at radius 2 is 2.21 bits per heavy atom. The van der Waals surface area contributed by atoms with Crippen molar-refractivity contribution in [1.82, 2.24) is 14.8 Å². The summed E-state index contributed by atoms with van der Waals surface area (Å²) in [6.45, 7) is 5.62. The average molecular weight is 324 g/mol. The molecular weight excluding hydrogens is 306 g/mol. The third kappa shape index (κ3) is 4.06. The molecule has 0 fully saturated rings. The summed E-state index contributed by atoms with van der Waals surface area (Å²) in [6.07, 6.45) is 1.58. The fourth-order valence-electron chi connectivity index (χ4n) is 1.76. The smallest absolute Gasteiger partial charge is 0.164 e. The lowest BCUT2D eigenvalue weighted by molar-refractivity contribution is 0.282. The van der Waals surface area contributed by atoms with Crippen LogP contribution in [0.3, 0.4) is 0 Å². The third-order valence-electron chi connectivity index (χ3n) is 2.65. The normalized spacial score (nSPS) is 10.9. The van der Waals surface area contributed by atoms with Gasteiger partial charge in [-0.1, -0.05) is 41.9 Å². The molecule has 1 heterocycles. The molecule has 0 unspecified atom stereocenters. The predicted octanol–water partition coefficient (Wildman–Crippen LogP) is 3.41. The topological polar surface area (TPSA) is 39.9 Å². The molecule has 0 aliphatic rings. The van der Waals surface area contributed by atoms with Gasteiger partial charge >= 0.3 is 0 Å². The number of hydrogen-bond donors (Lipinski definition) is 0. The number of halogens is 1. The van der Waals surface area contributed by atoms with E-state index in [9.17, 15) is 0 Å². The summed E-state index contributed by atoms with van der Waals surface area (Å²) in [7, 11) is 0. The molecule has 0 N–H and O–H groups in total. The largest absolute Gasteiger partial charge is 0.486 e. The van der Waals surface area contributed by atoms with Crippen LogP contribution >= 0.6 is 15.9 Å². The summed E-state index contributed by atoms with van der Waals surface area (Å²) >= 11 is 3.44.